The highest BCUT2D eigenvalue weighted by Crippen LogP contribution is 2.37. The van der Waals surface area contributed by atoms with Crippen LogP contribution in [0.3, 0.4) is 0 Å². The number of amides is 2. The molecule has 5 rings (SSSR count). The lowest BCUT2D eigenvalue weighted by Gasteiger charge is -2.16. The Kier molecular flexibility index (Phi) is 5.63. The minimum atomic E-state index is -0.682. The molecular formula is C26H24N4O4. The molecule has 4 aromatic rings. The van der Waals surface area contributed by atoms with Crippen LogP contribution in [0.2, 0.25) is 0 Å². The normalized spacial score (nSPS) is 14.8. The number of nitrogens with zero attached hydrogens (tertiary/aromatic N) is 3. The van der Waals surface area contributed by atoms with Crippen molar-refractivity contribution in [2.45, 2.75) is 19.0 Å². The van der Waals surface area contributed by atoms with Gasteiger partial charge >= 0.3 is 0 Å². The van der Waals surface area contributed by atoms with Crippen LogP contribution in [0.25, 0.3) is 11.0 Å². The zero-order valence-corrected chi connectivity index (χ0v) is 18.9. The summed E-state index contributed by atoms with van der Waals surface area (Å²) < 4.78 is 12.3. The standard InChI is InChI=1S/C26H24N4O4/c1-33-19-11-7-17(8-12-19)16-29-25(32)23(30-22-6-4-3-5-21(22)28-26(29)30)15-24(31)27-18-9-13-20(34-2)14-10-18/h3-14,23H,15-16H2,1-2H3,(H,27,31). The van der Waals surface area contributed by atoms with Crippen LogP contribution in [-0.4, -0.2) is 35.6 Å². The topological polar surface area (TPSA) is 85.7 Å². The summed E-state index contributed by atoms with van der Waals surface area (Å²) in [5.41, 5.74) is 3.19. The number of carbonyl (C=O) groups excluding carboxylic acids is 2. The zero-order valence-electron chi connectivity index (χ0n) is 18.9. The molecule has 1 unspecified atom stereocenters. The quantitative estimate of drug-likeness (QED) is 0.451. The number of carbonyl (C=O) groups is 2. The molecule has 172 valence electrons. The van der Waals surface area contributed by atoms with Crippen LogP contribution >= 0.6 is 0 Å². The Bertz CT molecular complexity index is 1350. The molecule has 1 aliphatic heterocycles. The molecule has 34 heavy (non-hydrogen) atoms. The fourth-order valence-corrected chi connectivity index (χ4v) is 4.22. The van der Waals surface area contributed by atoms with E-state index in [0.717, 1.165) is 22.3 Å². The number of para-hydroxylation sites is 2. The van der Waals surface area contributed by atoms with Crippen molar-refractivity contribution in [3.8, 4) is 11.5 Å². The Morgan fingerprint density at radius 2 is 1.59 bits per heavy atom. The number of nitrogens with one attached hydrogen (secondary N) is 1. The minimum absolute atomic E-state index is 0.00265. The van der Waals surface area contributed by atoms with E-state index in [0.29, 0.717) is 23.9 Å². The van der Waals surface area contributed by atoms with Gasteiger partial charge in [-0.1, -0.05) is 24.3 Å². The first kappa shape index (κ1) is 21.5. The molecule has 0 aliphatic carbocycles. The fourth-order valence-electron chi connectivity index (χ4n) is 4.22. The maximum absolute atomic E-state index is 13.5. The van der Waals surface area contributed by atoms with Gasteiger partial charge in [0.2, 0.25) is 11.9 Å². The fraction of sp³-hybridized carbons (Fsp3) is 0.192. The van der Waals surface area contributed by atoms with Crippen LogP contribution in [0.15, 0.2) is 72.8 Å². The van der Waals surface area contributed by atoms with Crippen molar-refractivity contribution < 1.29 is 19.1 Å². The van der Waals surface area contributed by atoms with E-state index < -0.39 is 6.04 Å². The van der Waals surface area contributed by atoms with Gasteiger partial charge in [0.25, 0.3) is 5.91 Å². The van der Waals surface area contributed by atoms with Gasteiger partial charge in [0, 0.05) is 5.69 Å². The van der Waals surface area contributed by atoms with Gasteiger partial charge in [0.15, 0.2) is 0 Å². The van der Waals surface area contributed by atoms with E-state index >= 15 is 0 Å². The number of fused-ring (bicyclic) bond motifs is 3. The Morgan fingerprint density at radius 3 is 2.26 bits per heavy atom. The first-order valence-electron chi connectivity index (χ1n) is 10.9. The van der Waals surface area contributed by atoms with Gasteiger partial charge in [-0.05, 0) is 54.1 Å². The highest BCUT2D eigenvalue weighted by atomic mass is 16.5. The van der Waals surface area contributed by atoms with Crippen LogP contribution in [-0.2, 0) is 16.1 Å². The van der Waals surface area contributed by atoms with E-state index in [-0.39, 0.29) is 18.2 Å². The summed E-state index contributed by atoms with van der Waals surface area (Å²) in [5, 5.41) is 2.88. The summed E-state index contributed by atoms with van der Waals surface area (Å²) >= 11 is 0. The molecule has 3 aromatic carbocycles. The van der Waals surface area contributed by atoms with Gasteiger partial charge in [-0.2, -0.15) is 0 Å². The predicted octanol–water partition coefficient (Wildman–Crippen LogP) is 4.17. The van der Waals surface area contributed by atoms with E-state index in [4.69, 9.17) is 14.5 Å². The van der Waals surface area contributed by atoms with E-state index in [2.05, 4.69) is 5.32 Å². The van der Waals surface area contributed by atoms with E-state index in [1.165, 1.54) is 0 Å². The number of methoxy groups -OCH3 is 2. The van der Waals surface area contributed by atoms with E-state index in [1.54, 1.807) is 43.4 Å². The van der Waals surface area contributed by atoms with Crippen LogP contribution in [0.1, 0.15) is 18.0 Å². The Morgan fingerprint density at radius 1 is 0.941 bits per heavy atom. The third-order valence-corrected chi connectivity index (χ3v) is 5.93. The van der Waals surface area contributed by atoms with E-state index in [9.17, 15) is 9.59 Å². The first-order chi connectivity index (χ1) is 16.6. The molecule has 2 amide bonds. The summed E-state index contributed by atoms with van der Waals surface area (Å²) in [4.78, 5) is 32.8. The lowest BCUT2D eigenvalue weighted by atomic mass is 10.1. The van der Waals surface area contributed by atoms with Crippen molar-refractivity contribution in [2.75, 3.05) is 24.4 Å². The maximum Gasteiger partial charge on any atom is 0.253 e. The van der Waals surface area contributed by atoms with Crippen molar-refractivity contribution in [1.82, 2.24) is 9.55 Å². The second-order valence-electron chi connectivity index (χ2n) is 8.04. The van der Waals surface area contributed by atoms with E-state index in [1.807, 2.05) is 53.1 Å². The smallest absolute Gasteiger partial charge is 0.253 e. The second kappa shape index (κ2) is 8.90. The molecule has 0 fully saturated rings. The van der Waals surface area contributed by atoms with Crippen molar-refractivity contribution in [3.05, 3.63) is 78.4 Å². The lowest BCUT2D eigenvalue weighted by molar-refractivity contribution is -0.124. The Labute approximate surface area is 196 Å². The summed E-state index contributed by atoms with van der Waals surface area (Å²) in [6.45, 7) is 0.350. The third kappa shape index (κ3) is 3.94. The van der Waals surface area contributed by atoms with Crippen LogP contribution < -0.4 is 19.7 Å². The SMILES string of the molecule is COc1ccc(CN2C(=O)C(CC(=O)Nc3ccc(OC)cc3)n3c2nc2ccccc23)cc1. The van der Waals surface area contributed by atoms with Gasteiger partial charge in [-0.25, -0.2) is 4.98 Å². The Hall–Kier alpha value is -4.33. The predicted molar refractivity (Wildman–Crippen MR) is 129 cm³/mol. The average Bonchev–Trinajstić information content (AvgIpc) is 3.35. The molecule has 0 saturated carbocycles. The number of hydrogen-bond donors (Lipinski definition) is 1. The first-order valence-corrected chi connectivity index (χ1v) is 10.9. The second-order valence-corrected chi connectivity index (χ2v) is 8.04. The van der Waals surface area contributed by atoms with Crippen LogP contribution in [0.5, 0.6) is 11.5 Å². The molecule has 0 saturated heterocycles. The largest absolute Gasteiger partial charge is 0.497 e. The molecular weight excluding hydrogens is 432 g/mol. The molecule has 1 aromatic heterocycles. The summed E-state index contributed by atoms with van der Waals surface area (Å²) in [6.07, 6.45) is -0.00265. The van der Waals surface area contributed by atoms with Crippen molar-refractivity contribution >= 4 is 34.5 Å². The van der Waals surface area contributed by atoms with Crippen LogP contribution in [0.4, 0.5) is 11.6 Å². The van der Waals surface area contributed by atoms with Gasteiger partial charge in [-0.3, -0.25) is 19.1 Å². The summed E-state index contributed by atoms with van der Waals surface area (Å²) in [6, 6.07) is 21.6. The van der Waals surface area contributed by atoms with Crippen molar-refractivity contribution in [2.24, 2.45) is 0 Å². The number of benzene rings is 3. The summed E-state index contributed by atoms with van der Waals surface area (Å²) in [7, 11) is 3.20. The number of hydrogen-bond acceptors (Lipinski definition) is 5. The lowest BCUT2D eigenvalue weighted by Crippen LogP contribution is -2.31. The zero-order chi connectivity index (χ0) is 23.7. The molecule has 8 nitrogen and oxygen atoms in total. The minimum Gasteiger partial charge on any atom is -0.497 e. The number of aromatic nitrogens is 2. The van der Waals surface area contributed by atoms with Gasteiger partial charge in [0.1, 0.15) is 17.5 Å². The van der Waals surface area contributed by atoms with Gasteiger partial charge < -0.3 is 14.8 Å². The average molecular weight is 457 g/mol. The monoisotopic (exact) mass is 456 g/mol. The molecule has 0 spiro atoms. The molecule has 1 N–H and O–H groups in total. The van der Waals surface area contributed by atoms with Gasteiger partial charge in [-0.15, -0.1) is 0 Å². The number of rotatable bonds is 7. The molecule has 0 bridgehead atoms. The molecule has 1 atom stereocenters. The number of ether oxygens (including phenoxy) is 2. The molecule has 0 radical (unpaired) electrons. The van der Waals surface area contributed by atoms with Crippen molar-refractivity contribution in [1.29, 1.82) is 0 Å². The van der Waals surface area contributed by atoms with Gasteiger partial charge in [0.05, 0.1) is 38.2 Å². The molecule has 1 aliphatic rings. The van der Waals surface area contributed by atoms with Crippen LogP contribution in [0, 0.1) is 0 Å². The molecule has 2 heterocycles. The number of imidazole rings is 1. The highest BCUT2D eigenvalue weighted by Gasteiger charge is 2.40. The third-order valence-electron chi connectivity index (χ3n) is 5.93. The number of anilines is 2. The highest BCUT2D eigenvalue weighted by molar-refractivity contribution is 6.05. The van der Waals surface area contributed by atoms with Crippen molar-refractivity contribution in [3.63, 3.8) is 0 Å². The Balaban J connectivity index is 1.42. The summed E-state index contributed by atoms with van der Waals surface area (Å²) in [5.74, 6) is 1.58. The maximum atomic E-state index is 13.5. The molecule has 8 heteroatoms.